The lowest BCUT2D eigenvalue weighted by Gasteiger charge is -2.05. The molecule has 0 aliphatic rings. The van der Waals surface area contributed by atoms with E-state index in [1.807, 2.05) is 6.92 Å². The van der Waals surface area contributed by atoms with Crippen LogP contribution in [0.5, 0.6) is 0 Å². The first-order valence-electron chi connectivity index (χ1n) is 5.42. The van der Waals surface area contributed by atoms with Gasteiger partial charge >= 0.3 is 0 Å². The van der Waals surface area contributed by atoms with Crippen molar-refractivity contribution in [3.63, 3.8) is 0 Å². The average Bonchev–Trinajstić information content (AvgIpc) is 2.56. The van der Waals surface area contributed by atoms with Crippen LogP contribution in [0.2, 0.25) is 0 Å². The SMILES string of the molecule is Cc1nn(C)c(C)c1NC(=O)c1ccnc(F)c1. The third kappa shape index (κ3) is 2.22. The highest BCUT2D eigenvalue weighted by molar-refractivity contribution is 6.04. The van der Waals surface area contributed by atoms with Crippen LogP contribution < -0.4 is 5.32 Å². The molecular formula is C12H13FN4O. The minimum absolute atomic E-state index is 0.227. The number of hydrogen-bond acceptors (Lipinski definition) is 3. The lowest BCUT2D eigenvalue weighted by atomic mass is 10.2. The molecule has 2 aromatic heterocycles. The number of carbonyl (C=O) groups excluding carboxylic acids is 1. The molecule has 1 N–H and O–H groups in total. The van der Waals surface area contributed by atoms with Crippen molar-refractivity contribution in [2.75, 3.05) is 5.32 Å². The second-order valence-corrected chi connectivity index (χ2v) is 3.99. The zero-order chi connectivity index (χ0) is 13.3. The van der Waals surface area contributed by atoms with E-state index in [1.165, 1.54) is 12.3 Å². The molecule has 0 saturated heterocycles. The van der Waals surface area contributed by atoms with Crippen molar-refractivity contribution in [3.05, 3.63) is 41.2 Å². The van der Waals surface area contributed by atoms with Crippen molar-refractivity contribution in [1.29, 1.82) is 0 Å². The molecule has 0 fully saturated rings. The van der Waals surface area contributed by atoms with Crippen LogP contribution >= 0.6 is 0 Å². The Balaban J connectivity index is 2.27. The van der Waals surface area contributed by atoms with Crippen LogP contribution in [-0.4, -0.2) is 20.7 Å². The highest BCUT2D eigenvalue weighted by atomic mass is 19.1. The number of carbonyl (C=O) groups is 1. The number of halogens is 1. The van der Waals surface area contributed by atoms with Gasteiger partial charge in [-0.3, -0.25) is 9.48 Å². The number of anilines is 1. The fraction of sp³-hybridized carbons (Fsp3) is 0.250. The first-order valence-corrected chi connectivity index (χ1v) is 5.42. The first kappa shape index (κ1) is 12.2. The molecule has 18 heavy (non-hydrogen) atoms. The Labute approximate surface area is 104 Å². The summed E-state index contributed by atoms with van der Waals surface area (Å²) in [7, 11) is 1.80. The summed E-state index contributed by atoms with van der Waals surface area (Å²) in [5.41, 5.74) is 2.44. The number of nitrogens with one attached hydrogen (secondary N) is 1. The molecule has 0 aliphatic heterocycles. The molecule has 2 aromatic rings. The third-order valence-electron chi connectivity index (χ3n) is 2.74. The van der Waals surface area contributed by atoms with Crippen LogP contribution in [0, 0.1) is 19.8 Å². The summed E-state index contributed by atoms with van der Waals surface area (Å²) in [5.74, 6) is -1.06. The predicted octanol–water partition coefficient (Wildman–Crippen LogP) is 1.82. The highest BCUT2D eigenvalue weighted by Gasteiger charge is 2.14. The molecule has 0 radical (unpaired) electrons. The van der Waals surface area contributed by atoms with Crippen LogP contribution in [0.4, 0.5) is 10.1 Å². The molecule has 1 amide bonds. The van der Waals surface area contributed by atoms with E-state index in [0.29, 0.717) is 5.69 Å². The summed E-state index contributed by atoms with van der Waals surface area (Å²) in [6, 6.07) is 2.55. The lowest BCUT2D eigenvalue weighted by Crippen LogP contribution is -2.13. The zero-order valence-electron chi connectivity index (χ0n) is 10.4. The number of amides is 1. The van der Waals surface area contributed by atoms with Crippen molar-refractivity contribution < 1.29 is 9.18 Å². The second-order valence-electron chi connectivity index (χ2n) is 3.99. The summed E-state index contributed by atoms with van der Waals surface area (Å²) in [6.45, 7) is 3.65. The summed E-state index contributed by atoms with van der Waals surface area (Å²) in [6.07, 6.45) is 1.26. The molecule has 0 spiro atoms. The predicted molar refractivity (Wildman–Crippen MR) is 64.8 cm³/mol. The van der Waals surface area contributed by atoms with Crippen molar-refractivity contribution in [2.45, 2.75) is 13.8 Å². The lowest BCUT2D eigenvalue weighted by molar-refractivity contribution is 0.102. The van der Waals surface area contributed by atoms with Crippen LogP contribution in [0.3, 0.4) is 0 Å². The summed E-state index contributed by atoms with van der Waals surface area (Å²) >= 11 is 0. The Morgan fingerprint density at radius 3 is 2.72 bits per heavy atom. The molecule has 0 unspecified atom stereocenters. The maximum atomic E-state index is 12.9. The van der Waals surface area contributed by atoms with Crippen LogP contribution in [0.15, 0.2) is 18.3 Å². The van der Waals surface area contributed by atoms with Gasteiger partial charge in [-0.15, -0.1) is 0 Å². The van der Waals surface area contributed by atoms with Crippen LogP contribution in [-0.2, 0) is 7.05 Å². The fourth-order valence-corrected chi connectivity index (χ4v) is 1.68. The van der Waals surface area contributed by atoms with Gasteiger partial charge in [-0.2, -0.15) is 9.49 Å². The van der Waals surface area contributed by atoms with Gasteiger partial charge in [-0.05, 0) is 19.9 Å². The Bertz CT molecular complexity index is 606. The molecular weight excluding hydrogens is 235 g/mol. The minimum Gasteiger partial charge on any atom is -0.319 e. The maximum absolute atomic E-state index is 12.9. The third-order valence-corrected chi connectivity index (χ3v) is 2.74. The smallest absolute Gasteiger partial charge is 0.255 e. The summed E-state index contributed by atoms with van der Waals surface area (Å²) in [5, 5.41) is 6.92. The van der Waals surface area contributed by atoms with Gasteiger partial charge in [0.2, 0.25) is 5.95 Å². The van der Waals surface area contributed by atoms with Gasteiger partial charge in [0.25, 0.3) is 5.91 Å². The Kier molecular flexibility index (Phi) is 3.10. The van der Waals surface area contributed by atoms with E-state index in [-0.39, 0.29) is 11.5 Å². The number of aryl methyl sites for hydroxylation is 2. The normalized spacial score (nSPS) is 10.4. The molecule has 94 valence electrons. The van der Waals surface area contributed by atoms with Gasteiger partial charge in [0.15, 0.2) is 0 Å². The van der Waals surface area contributed by atoms with Gasteiger partial charge in [0.05, 0.1) is 17.1 Å². The number of hydrogen-bond donors (Lipinski definition) is 1. The van der Waals surface area contributed by atoms with E-state index in [2.05, 4.69) is 15.4 Å². The molecule has 6 heteroatoms. The van der Waals surface area contributed by atoms with E-state index >= 15 is 0 Å². The summed E-state index contributed by atoms with van der Waals surface area (Å²) < 4.78 is 14.6. The average molecular weight is 248 g/mol. The van der Waals surface area contributed by atoms with Gasteiger partial charge in [-0.1, -0.05) is 0 Å². The Hall–Kier alpha value is -2.24. The molecule has 0 bridgehead atoms. The van der Waals surface area contributed by atoms with Crippen LogP contribution in [0.25, 0.3) is 0 Å². The molecule has 2 rings (SSSR count). The van der Waals surface area contributed by atoms with Crippen molar-refractivity contribution >= 4 is 11.6 Å². The first-order chi connectivity index (χ1) is 8.49. The van der Waals surface area contributed by atoms with E-state index < -0.39 is 5.95 Å². The standard InChI is InChI=1S/C12H13FN4O/c1-7-11(8(2)17(3)16-7)15-12(18)9-4-5-14-10(13)6-9/h4-6H,1-3H3,(H,15,18). The van der Waals surface area contributed by atoms with Gasteiger partial charge in [0, 0.05) is 24.9 Å². The van der Waals surface area contributed by atoms with Gasteiger partial charge in [0.1, 0.15) is 0 Å². The van der Waals surface area contributed by atoms with Crippen molar-refractivity contribution in [3.8, 4) is 0 Å². The van der Waals surface area contributed by atoms with Gasteiger partial charge < -0.3 is 5.32 Å². The molecule has 5 nitrogen and oxygen atoms in total. The monoisotopic (exact) mass is 248 g/mol. The number of pyridine rings is 1. The van der Waals surface area contributed by atoms with Crippen LogP contribution in [0.1, 0.15) is 21.7 Å². The van der Waals surface area contributed by atoms with Gasteiger partial charge in [-0.25, -0.2) is 4.98 Å². The quantitative estimate of drug-likeness (QED) is 0.825. The molecule has 0 aliphatic carbocycles. The zero-order valence-corrected chi connectivity index (χ0v) is 10.4. The maximum Gasteiger partial charge on any atom is 0.255 e. The van der Waals surface area contributed by atoms with E-state index in [0.717, 1.165) is 17.5 Å². The minimum atomic E-state index is -0.678. The largest absolute Gasteiger partial charge is 0.319 e. The number of nitrogens with zero attached hydrogens (tertiary/aromatic N) is 3. The highest BCUT2D eigenvalue weighted by Crippen LogP contribution is 2.19. The topological polar surface area (TPSA) is 59.8 Å². The molecule has 0 atom stereocenters. The Morgan fingerprint density at radius 1 is 1.44 bits per heavy atom. The molecule has 0 aromatic carbocycles. The summed E-state index contributed by atoms with van der Waals surface area (Å²) in [4.78, 5) is 15.3. The fourth-order valence-electron chi connectivity index (χ4n) is 1.68. The van der Waals surface area contributed by atoms with E-state index in [9.17, 15) is 9.18 Å². The number of aromatic nitrogens is 3. The van der Waals surface area contributed by atoms with Crippen molar-refractivity contribution in [2.24, 2.45) is 7.05 Å². The number of rotatable bonds is 2. The second kappa shape index (κ2) is 4.56. The van der Waals surface area contributed by atoms with E-state index in [4.69, 9.17) is 0 Å². The molecule has 0 saturated carbocycles. The van der Waals surface area contributed by atoms with Crippen molar-refractivity contribution in [1.82, 2.24) is 14.8 Å². The molecule has 2 heterocycles. The van der Waals surface area contributed by atoms with E-state index in [1.54, 1.807) is 18.7 Å². The Morgan fingerprint density at radius 2 is 2.17 bits per heavy atom.